The lowest BCUT2D eigenvalue weighted by Crippen LogP contribution is -2.09. The van der Waals surface area contributed by atoms with Gasteiger partial charge in [-0.25, -0.2) is 0 Å². The van der Waals surface area contributed by atoms with Crippen LogP contribution in [0.1, 0.15) is 0 Å². The maximum Gasteiger partial charge on any atom is 0.0619 e. The summed E-state index contributed by atoms with van der Waals surface area (Å²) in [5.74, 6) is 0. The van der Waals surface area contributed by atoms with Crippen LogP contribution in [0.25, 0.3) is 99.5 Å². The molecule has 0 fully saturated rings. The Morgan fingerprint density at radius 2 is 0.609 bits per heavy atom. The van der Waals surface area contributed by atoms with E-state index in [-0.39, 0.29) is 0 Å². The molecule has 0 atom stereocenters. The molecule has 69 heavy (non-hydrogen) atoms. The Labute approximate surface area is 401 Å². The molecule has 0 amide bonds. The maximum absolute atomic E-state index is 2.44. The Bertz CT molecular complexity index is 3830. The van der Waals surface area contributed by atoms with Crippen molar-refractivity contribution >= 4 is 60.7 Å². The smallest absolute Gasteiger partial charge is 0.0619 e. The van der Waals surface area contributed by atoms with Crippen molar-refractivity contribution in [1.29, 1.82) is 0 Å². The van der Waals surface area contributed by atoms with Gasteiger partial charge in [0.25, 0.3) is 0 Å². The first kappa shape index (κ1) is 40.1. The van der Waals surface area contributed by atoms with Crippen molar-refractivity contribution in [2.45, 2.75) is 0 Å². The van der Waals surface area contributed by atoms with E-state index in [0.29, 0.717) is 0 Å². The second kappa shape index (κ2) is 16.9. The lowest BCUT2D eigenvalue weighted by atomic mass is 9.96. The number of anilines is 3. The van der Waals surface area contributed by atoms with Crippen molar-refractivity contribution in [3.63, 3.8) is 0 Å². The van der Waals surface area contributed by atoms with Crippen LogP contribution in [0.2, 0.25) is 0 Å². The zero-order chi connectivity index (χ0) is 45.7. The summed E-state index contributed by atoms with van der Waals surface area (Å²) in [6.07, 6.45) is 0. The van der Waals surface area contributed by atoms with E-state index >= 15 is 0 Å². The summed E-state index contributed by atoms with van der Waals surface area (Å²) in [5.41, 5.74) is 19.6. The minimum absolute atomic E-state index is 1.08. The van der Waals surface area contributed by atoms with Gasteiger partial charge in [0.05, 0.1) is 22.1 Å². The SMILES string of the molecule is c1ccc(-c2ccc(N(c3ccc(-c4ccccc4)cc3)c3ccc(-c4cc(-c5cccc6c7ccccc7n(-c7ccccc7)c56)cc(-n5c6ccccc6c6ccccc65)c4)cc3)cc2)cc1. The van der Waals surface area contributed by atoms with Gasteiger partial charge in [-0.15, -0.1) is 0 Å². The zero-order valence-electron chi connectivity index (χ0n) is 37.8. The first-order valence-corrected chi connectivity index (χ1v) is 23.7. The van der Waals surface area contributed by atoms with Gasteiger partial charge in [-0.2, -0.15) is 0 Å². The van der Waals surface area contributed by atoms with Gasteiger partial charge < -0.3 is 14.0 Å². The summed E-state index contributed by atoms with van der Waals surface area (Å²) in [5, 5.41) is 4.95. The average molecular weight is 880 g/mol. The van der Waals surface area contributed by atoms with Gasteiger partial charge in [-0.3, -0.25) is 0 Å². The van der Waals surface area contributed by atoms with Gasteiger partial charge in [0.2, 0.25) is 0 Å². The Morgan fingerprint density at radius 1 is 0.232 bits per heavy atom. The standard InChI is InChI=1S/C66H45N3/c1-4-17-46(18-5-1)48-31-37-54(38-32-48)67(55-39-33-49(34-40-55)47-19-6-2-7-20-47)56-41-35-50(36-42-56)51-43-52(45-57(44-51)68-63-28-13-10-23-59(63)60-24-11-14-29-64(60)68)58-26-16-27-62-61-25-12-15-30-65(61)69(66(58)62)53-21-8-3-9-22-53/h1-45H. The molecule has 0 saturated carbocycles. The lowest BCUT2D eigenvalue weighted by molar-refractivity contribution is 1.17. The molecule has 0 N–H and O–H groups in total. The molecular weight excluding hydrogens is 835 g/mol. The van der Waals surface area contributed by atoms with E-state index < -0.39 is 0 Å². The fraction of sp³-hybridized carbons (Fsp3) is 0. The Balaban J connectivity index is 0.990. The topological polar surface area (TPSA) is 13.1 Å². The summed E-state index contributed by atoms with van der Waals surface area (Å²) in [6, 6.07) is 99.2. The minimum Gasteiger partial charge on any atom is -0.311 e. The molecule has 13 aromatic rings. The van der Waals surface area contributed by atoms with Gasteiger partial charge in [-0.05, 0) is 124 Å². The molecule has 0 radical (unpaired) electrons. The molecule has 13 rings (SSSR count). The second-order valence-corrected chi connectivity index (χ2v) is 17.7. The van der Waals surface area contributed by atoms with Gasteiger partial charge in [0.1, 0.15) is 0 Å². The van der Waals surface area contributed by atoms with Gasteiger partial charge in [0.15, 0.2) is 0 Å². The van der Waals surface area contributed by atoms with E-state index in [1.807, 2.05) is 0 Å². The van der Waals surface area contributed by atoms with Gasteiger partial charge in [0, 0.05) is 55.5 Å². The van der Waals surface area contributed by atoms with E-state index in [2.05, 4.69) is 287 Å². The molecular formula is C66H45N3. The van der Waals surface area contributed by atoms with Crippen molar-refractivity contribution in [1.82, 2.24) is 9.13 Å². The quantitative estimate of drug-likeness (QED) is 0.141. The molecule has 0 aliphatic heterocycles. The van der Waals surface area contributed by atoms with E-state index in [9.17, 15) is 0 Å². The average Bonchev–Trinajstić information content (AvgIpc) is 3.95. The third kappa shape index (κ3) is 7.08. The summed E-state index contributed by atoms with van der Waals surface area (Å²) in [4.78, 5) is 2.36. The monoisotopic (exact) mass is 879 g/mol. The summed E-state index contributed by atoms with van der Waals surface area (Å²) < 4.78 is 4.88. The summed E-state index contributed by atoms with van der Waals surface area (Å²) in [7, 11) is 0. The van der Waals surface area contributed by atoms with Crippen molar-refractivity contribution in [3.05, 3.63) is 273 Å². The number of rotatable bonds is 9. The van der Waals surface area contributed by atoms with Crippen molar-refractivity contribution in [2.75, 3.05) is 4.90 Å². The molecule has 0 aliphatic rings. The van der Waals surface area contributed by atoms with E-state index in [0.717, 1.165) is 45.1 Å². The highest BCUT2D eigenvalue weighted by atomic mass is 15.1. The van der Waals surface area contributed by atoms with Crippen molar-refractivity contribution in [2.24, 2.45) is 0 Å². The summed E-state index contributed by atoms with van der Waals surface area (Å²) in [6.45, 7) is 0. The molecule has 2 heterocycles. The molecule has 0 saturated heterocycles. The molecule has 0 aliphatic carbocycles. The van der Waals surface area contributed by atoms with E-state index in [1.54, 1.807) is 0 Å². The van der Waals surface area contributed by atoms with Crippen LogP contribution in [-0.2, 0) is 0 Å². The molecule has 11 aromatic carbocycles. The fourth-order valence-corrected chi connectivity index (χ4v) is 10.5. The minimum atomic E-state index is 1.08. The van der Waals surface area contributed by atoms with Crippen LogP contribution < -0.4 is 4.90 Å². The third-order valence-corrected chi connectivity index (χ3v) is 13.7. The van der Waals surface area contributed by atoms with Crippen LogP contribution in [0.3, 0.4) is 0 Å². The van der Waals surface area contributed by atoms with Crippen LogP contribution >= 0.6 is 0 Å². The number of nitrogens with zero attached hydrogens (tertiary/aromatic N) is 3. The molecule has 3 heteroatoms. The van der Waals surface area contributed by atoms with E-state index in [1.165, 1.54) is 71.4 Å². The largest absolute Gasteiger partial charge is 0.311 e. The number of benzene rings is 11. The molecule has 2 aromatic heterocycles. The predicted octanol–water partition coefficient (Wildman–Crippen LogP) is 18.0. The lowest BCUT2D eigenvalue weighted by Gasteiger charge is -2.26. The first-order valence-electron chi connectivity index (χ1n) is 23.7. The first-order chi connectivity index (χ1) is 34.2. The number of para-hydroxylation sites is 5. The molecule has 0 spiro atoms. The number of hydrogen-bond acceptors (Lipinski definition) is 1. The fourth-order valence-electron chi connectivity index (χ4n) is 10.5. The highest BCUT2D eigenvalue weighted by molar-refractivity contribution is 6.14. The highest BCUT2D eigenvalue weighted by Gasteiger charge is 2.20. The third-order valence-electron chi connectivity index (χ3n) is 13.7. The Kier molecular flexibility index (Phi) is 9.84. The van der Waals surface area contributed by atoms with Crippen molar-refractivity contribution in [3.8, 4) is 55.9 Å². The van der Waals surface area contributed by atoms with Gasteiger partial charge >= 0.3 is 0 Å². The number of fused-ring (bicyclic) bond motifs is 6. The maximum atomic E-state index is 2.44. The Morgan fingerprint density at radius 3 is 1.12 bits per heavy atom. The molecule has 0 bridgehead atoms. The normalized spacial score (nSPS) is 11.5. The second-order valence-electron chi connectivity index (χ2n) is 17.7. The van der Waals surface area contributed by atoms with E-state index in [4.69, 9.17) is 0 Å². The molecule has 0 unspecified atom stereocenters. The summed E-state index contributed by atoms with van der Waals surface area (Å²) >= 11 is 0. The van der Waals surface area contributed by atoms with Crippen LogP contribution in [0.15, 0.2) is 273 Å². The zero-order valence-corrected chi connectivity index (χ0v) is 37.8. The van der Waals surface area contributed by atoms with Crippen LogP contribution in [0, 0.1) is 0 Å². The number of aromatic nitrogens is 2. The number of hydrogen-bond donors (Lipinski definition) is 0. The molecule has 3 nitrogen and oxygen atoms in total. The predicted molar refractivity (Wildman–Crippen MR) is 292 cm³/mol. The molecule has 324 valence electrons. The highest BCUT2D eigenvalue weighted by Crippen LogP contribution is 2.43. The van der Waals surface area contributed by atoms with Crippen LogP contribution in [0.5, 0.6) is 0 Å². The van der Waals surface area contributed by atoms with Crippen LogP contribution in [-0.4, -0.2) is 9.13 Å². The van der Waals surface area contributed by atoms with Crippen LogP contribution in [0.4, 0.5) is 17.1 Å². The van der Waals surface area contributed by atoms with Crippen molar-refractivity contribution < 1.29 is 0 Å². The Hall–Kier alpha value is -9.18. The van der Waals surface area contributed by atoms with Gasteiger partial charge in [-0.1, -0.05) is 188 Å².